The molecule has 0 saturated heterocycles. The Hall–Kier alpha value is -1.89. The zero-order chi connectivity index (χ0) is 26.3. The first kappa shape index (κ1) is 30.1. The fourth-order valence-corrected chi connectivity index (χ4v) is 6.02. The van der Waals surface area contributed by atoms with Crippen LogP contribution in [0.2, 0.25) is 0 Å². The van der Waals surface area contributed by atoms with Crippen molar-refractivity contribution in [3.63, 3.8) is 0 Å². The lowest BCUT2D eigenvalue weighted by atomic mass is 9.98. The lowest BCUT2D eigenvalue weighted by Crippen LogP contribution is -2.34. The summed E-state index contributed by atoms with van der Waals surface area (Å²) in [6.45, 7) is 16.7. The molecule has 1 rings (SSSR count). The summed E-state index contributed by atoms with van der Waals surface area (Å²) in [5.74, 6) is -2.15. The third-order valence-corrected chi connectivity index (χ3v) is 7.88. The van der Waals surface area contributed by atoms with Crippen LogP contribution in [0, 0.1) is 5.92 Å². The Morgan fingerprint density at radius 3 is 2.15 bits per heavy atom. The summed E-state index contributed by atoms with van der Waals surface area (Å²) in [6, 6.07) is 7.19. The predicted octanol–water partition coefficient (Wildman–Crippen LogP) is 5.39. The number of amides is 1. The van der Waals surface area contributed by atoms with Crippen LogP contribution in [0.3, 0.4) is 0 Å². The largest absolute Gasteiger partial charge is 0.459 e. The first-order valence-electron chi connectivity index (χ1n) is 11.7. The first-order chi connectivity index (χ1) is 15.5. The molecule has 0 aliphatic carbocycles. The molecule has 0 saturated carbocycles. The predicted molar refractivity (Wildman–Crippen MR) is 135 cm³/mol. The van der Waals surface area contributed by atoms with E-state index < -0.39 is 42.3 Å². The van der Waals surface area contributed by atoms with E-state index in [0.717, 1.165) is 5.56 Å². The van der Waals surface area contributed by atoms with E-state index in [0.29, 0.717) is 5.56 Å². The number of carbonyl (C=O) groups excluding carboxylic acids is 2. The van der Waals surface area contributed by atoms with E-state index in [1.165, 1.54) is 0 Å². The van der Waals surface area contributed by atoms with E-state index in [2.05, 4.69) is 5.32 Å². The fourth-order valence-electron chi connectivity index (χ4n) is 3.28. The lowest BCUT2D eigenvalue weighted by Gasteiger charge is -2.31. The summed E-state index contributed by atoms with van der Waals surface area (Å²) in [7, 11) is -3.39. The van der Waals surface area contributed by atoms with Crippen molar-refractivity contribution in [2.45, 2.75) is 91.8 Å². The third-order valence-electron chi connectivity index (χ3n) is 4.80. The molecule has 3 unspecified atom stereocenters. The average Bonchev–Trinajstić information content (AvgIpc) is 2.67. The number of hydrogen-bond donors (Lipinski definition) is 2. The Kier molecular flexibility index (Phi) is 10.8. The van der Waals surface area contributed by atoms with Gasteiger partial charge in [-0.05, 0) is 65.5 Å². The van der Waals surface area contributed by atoms with Crippen LogP contribution in [0.25, 0.3) is 0 Å². The van der Waals surface area contributed by atoms with Crippen molar-refractivity contribution in [3.05, 3.63) is 35.4 Å². The molecule has 194 valence electrons. The summed E-state index contributed by atoms with van der Waals surface area (Å²) in [4.78, 5) is 25.3. The van der Waals surface area contributed by atoms with Gasteiger partial charge in [-0.3, -0.25) is 9.36 Å². The van der Waals surface area contributed by atoms with Crippen LogP contribution >= 0.6 is 7.37 Å². The molecular weight excluding hydrogens is 455 g/mol. The molecule has 9 heteroatoms. The van der Waals surface area contributed by atoms with Gasteiger partial charge in [0.05, 0.1) is 18.3 Å². The molecule has 0 aliphatic rings. The first-order valence-corrected chi connectivity index (χ1v) is 13.6. The summed E-state index contributed by atoms with van der Waals surface area (Å²) in [5, 5.41) is 2.71. The van der Waals surface area contributed by atoms with Gasteiger partial charge in [-0.2, -0.15) is 0 Å². The second-order valence-corrected chi connectivity index (χ2v) is 13.4. The number of nitrogens with one attached hydrogen (secondary N) is 1. The minimum Gasteiger partial charge on any atom is -0.459 e. The highest BCUT2D eigenvalue weighted by Crippen LogP contribution is 2.55. The Labute approximate surface area is 204 Å². The van der Waals surface area contributed by atoms with Gasteiger partial charge in [-0.25, -0.2) is 4.79 Å². The Balaban J connectivity index is 3.27. The summed E-state index contributed by atoms with van der Waals surface area (Å²) in [6.07, 6.45) is -0.608. The van der Waals surface area contributed by atoms with Gasteiger partial charge in [0.25, 0.3) is 0 Å². The van der Waals surface area contributed by atoms with Crippen LogP contribution in [0.4, 0.5) is 4.79 Å². The van der Waals surface area contributed by atoms with Crippen molar-refractivity contribution in [2.75, 3.05) is 12.8 Å². The molecular formula is C25H43N2O6P. The van der Waals surface area contributed by atoms with Crippen LogP contribution in [0.1, 0.15) is 79.4 Å². The van der Waals surface area contributed by atoms with Gasteiger partial charge in [0, 0.05) is 12.7 Å². The number of esters is 1. The van der Waals surface area contributed by atoms with Crippen molar-refractivity contribution in [1.29, 1.82) is 0 Å². The normalized spacial score (nSPS) is 15.9. The van der Waals surface area contributed by atoms with Crippen LogP contribution in [0.5, 0.6) is 0 Å². The maximum atomic E-state index is 13.8. The van der Waals surface area contributed by atoms with Crippen molar-refractivity contribution >= 4 is 19.4 Å². The summed E-state index contributed by atoms with van der Waals surface area (Å²) < 4.78 is 30.4. The quantitative estimate of drug-likeness (QED) is 0.328. The Bertz CT molecular complexity index is 873. The second-order valence-electron chi connectivity index (χ2n) is 10.7. The average molecular weight is 499 g/mol. The van der Waals surface area contributed by atoms with E-state index in [4.69, 9.17) is 19.7 Å². The molecule has 0 bridgehead atoms. The maximum absolute atomic E-state index is 13.8. The molecule has 0 aliphatic heterocycles. The van der Waals surface area contributed by atoms with Crippen molar-refractivity contribution in [1.82, 2.24) is 5.32 Å². The van der Waals surface area contributed by atoms with Crippen LogP contribution in [-0.2, 0) is 29.9 Å². The molecule has 34 heavy (non-hydrogen) atoms. The smallest absolute Gasteiger partial charge is 0.407 e. The van der Waals surface area contributed by atoms with Gasteiger partial charge >= 0.3 is 12.1 Å². The molecule has 0 spiro atoms. The number of alkyl carbamates (subject to hydrolysis) is 1. The standard InChI is InChI=1S/C25H43N2O6P/c1-10-31-34(30,21(26)17(2)3)16-20(22(28)32-24(4,5)6)19-13-11-12-18(14-19)15-27-23(29)33-25(7,8)9/h11-14,17,20-21H,10,15-16,26H2,1-9H3,(H,27,29). The molecule has 8 nitrogen and oxygen atoms in total. The summed E-state index contributed by atoms with van der Waals surface area (Å²) >= 11 is 0. The van der Waals surface area contributed by atoms with E-state index >= 15 is 0 Å². The summed E-state index contributed by atoms with van der Waals surface area (Å²) in [5.41, 5.74) is 6.35. The lowest BCUT2D eigenvalue weighted by molar-refractivity contribution is -0.156. The minimum absolute atomic E-state index is 0.0714. The molecule has 3 atom stereocenters. The van der Waals surface area contributed by atoms with Crippen LogP contribution in [-0.4, -0.2) is 41.8 Å². The molecule has 0 radical (unpaired) electrons. The van der Waals surface area contributed by atoms with Gasteiger partial charge in [-0.1, -0.05) is 38.1 Å². The Morgan fingerprint density at radius 1 is 1.06 bits per heavy atom. The maximum Gasteiger partial charge on any atom is 0.407 e. The van der Waals surface area contributed by atoms with Gasteiger partial charge in [0.2, 0.25) is 7.37 Å². The number of nitrogens with two attached hydrogens (primary N) is 1. The topological polar surface area (TPSA) is 117 Å². The number of carbonyl (C=O) groups is 2. The van der Waals surface area contributed by atoms with Gasteiger partial charge in [0.15, 0.2) is 0 Å². The SMILES string of the molecule is CCOP(=O)(CC(C(=O)OC(C)(C)C)c1cccc(CNC(=O)OC(C)(C)C)c1)C(N)C(C)C. The van der Waals surface area contributed by atoms with Crippen molar-refractivity contribution in [2.24, 2.45) is 11.7 Å². The zero-order valence-electron chi connectivity index (χ0n) is 22.1. The van der Waals surface area contributed by atoms with E-state index in [1.807, 2.05) is 19.9 Å². The number of hydrogen-bond acceptors (Lipinski definition) is 7. The molecule has 3 N–H and O–H groups in total. The van der Waals surface area contributed by atoms with Crippen LogP contribution < -0.4 is 11.1 Å². The van der Waals surface area contributed by atoms with Gasteiger partial charge in [0.1, 0.15) is 11.2 Å². The minimum atomic E-state index is -3.39. The second kappa shape index (κ2) is 12.2. The zero-order valence-corrected chi connectivity index (χ0v) is 23.0. The highest BCUT2D eigenvalue weighted by atomic mass is 31.2. The molecule has 1 amide bonds. The molecule has 1 aromatic carbocycles. The number of benzene rings is 1. The van der Waals surface area contributed by atoms with E-state index in [9.17, 15) is 14.2 Å². The molecule has 0 heterocycles. The molecule has 0 aromatic heterocycles. The number of ether oxygens (including phenoxy) is 2. The number of rotatable bonds is 10. The van der Waals surface area contributed by atoms with E-state index in [1.54, 1.807) is 66.7 Å². The van der Waals surface area contributed by atoms with Crippen LogP contribution in [0.15, 0.2) is 24.3 Å². The fraction of sp³-hybridized carbons (Fsp3) is 0.680. The highest BCUT2D eigenvalue weighted by molar-refractivity contribution is 7.59. The highest BCUT2D eigenvalue weighted by Gasteiger charge is 2.40. The van der Waals surface area contributed by atoms with Crippen molar-refractivity contribution < 1.29 is 28.2 Å². The monoisotopic (exact) mass is 498 g/mol. The molecule has 0 fully saturated rings. The van der Waals surface area contributed by atoms with Gasteiger partial charge < -0.3 is 25.0 Å². The third kappa shape index (κ3) is 10.2. The van der Waals surface area contributed by atoms with E-state index in [-0.39, 0.29) is 25.2 Å². The Morgan fingerprint density at radius 2 is 1.65 bits per heavy atom. The van der Waals surface area contributed by atoms with Crippen molar-refractivity contribution in [3.8, 4) is 0 Å². The van der Waals surface area contributed by atoms with Gasteiger partial charge in [-0.15, -0.1) is 0 Å². The molecule has 1 aromatic rings.